The number of nitrogens with zero attached hydrogens (tertiary/aromatic N) is 1. The topological polar surface area (TPSA) is 21.7 Å². The third-order valence-corrected chi connectivity index (χ3v) is 6.86. The summed E-state index contributed by atoms with van der Waals surface area (Å²) in [7, 11) is 0. The highest BCUT2D eigenvalue weighted by atomic mass is 16.7. The lowest BCUT2D eigenvalue weighted by atomic mass is 9.76. The van der Waals surface area contributed by atoms with E-state index in [1.54, 1.807) is 0 Å². The van der Waals surface area contributed by atoms with Crippen LogP contribution in [0.15, 0.2) is 12.2 Å². The minimum atomic E-state index is 0.356. The van der Waals surface area contributed by atoms with Crippen LogP contribution >= 0.6 is 0 Å². The van der Waals surface area contributed by atoms with Gasteiger partial charge < -0.3 is 9.47 Å². The van der Waals surface area contributed by atoms with Crippen LogP contribution in [0.2, 0.25) is 0 Å². The molecule has 2 aliphatic carbocycles. The van der Waals surface area contributed by atoms with E-state index in [0.717, 1.165) is 18.4 Å². The van der Waals surface area contributed by atoms with Gasteiger partial charge in [0.25, 0.3) is 0 Å². The van der Waals surface area contributed by atoms with Crippen molar-refractivity contribution in [3.05, 3.63) is 12.2 Å². The van der Waals surface area contributed by atoms with Crippen molar-refractivity contribution in [2.45, 2.75) is 89.0 Å². The summed E-state index contributed by atoms with van der Waals surface area (Å²) in [5.41, 5.74) is 0. The maximum Gasteiger partial charge on any atom is 0.147 e. The second-order valence-electron chi connectivity index (χ2n) is 8.07. The first-order chi connectivity index (χ1) is 11.3. The van der Waals surface area contributed by atoms with Crippen LogP contribution in [0.5, 0.6) is 0 Å². The fourth-order valence-corrected chi connectivity index (χ4v) is 5.61. The normalized spacial score (nSPS) is 45.1. The van der Waals surface area contributed by atoms with Crippen LogP contribution in [0.4, 0.5) is 0 Å². The lowest BCUT2D eigenvalue weighted by Gasteiger charge is -2.47. The number of likely N-dealkylation sites (tertiary alicyclic amines) is 1. The number of piperidine rings is 1. The highest BCUT2D eigenvalue weighted by Gasteiger charge is 2.37. The predicted molar refractivity (Wildman–Crippen MR) is 92.2 cm³/mol. The number of rotatable bonds is 3. The first-order valence-electron chi connectivity index (χ1n) is 10.0. The molecule has 2 heterocycles. The van der Waals surface area contributed by atoms with Gasteiger partial charge in [0.05, 0.1) is 12.2 Å². The summed E-state index contributed by atoms with van der Waals surface area (Å²) in [6.45, 7) is 4.08. The van der Waals surface area contributed by atoms with Crippen LogP contribution in [0.3, 0.4) is 0 Å². The highest BCUT2D eigenvalue weighted by Crippen LogP contribution is 2.38. The highest BCUT2D eigenvalue weighted by molar-refractivity contribution is 5.04. The standard InChI is InChI=1S/C20H33NO2/c1-2-21-17(11-9-16-5-3-4-6-18(16)21)10-7-15-8-12-19-20(13-15)23-14-22-19/h7,10,15-20H,2-6,8-9,11-14H2,1H3/b10-7+. The summed E-state index contributed by atoms with van der Waals surface area (Å²) in [5.74, 6) is 1.67. The van der Waals surface area contributed by atoms with E-state index < -0.39 is 0 Å². The Morgan fingerprint density at radius 3 is 2.70 bits per heavy atom. The van der Waals surface area contributed by atoms with Gasteiger partial charge in [-0.1, -0.05) is 31.9 Å². The van der Waals surface area contributed by atoms with E-state index >= 15 is 0 Å². The molecule has 0 radical (unpaired) electrons. The molecule has 4 fully saturated rings. The molecule has 0 spiro atoms. The molecule has 2 saturated heterocycles. The Kier molecular flexibility index (Phi) is 5.07. The third kappa shape index (κ3) is 3.38. The van der Waals surface area contributed by atoms with Gasteiger partial charge in [0.15, 0.2) is 0 Å². The van der Waals surface area contributed by atoms with Crippen molar-refractivity contribution >= 4 is 0 Å². The molecule has 0 aromatic carbocycles. The van der Waals surface area contributed by atoms with Gasteiger partial charge in [0, 0.05) is 12.1 Å². The summed E-state index contributed by atoms with van der Waals surface area (Å²) in [4.78, 5) is 2.81. The Labute approximate surface area is 141 Å². The van der Waals surface area contributed by atoms with E-state index in [2.05, 4.69) is 24.0 Å². The van der Waals surface area contributed by atoms with E-state index in [-0.39, 0.29) is 0 Å². The van der Waals surface area contributed by atoms with Gasteiger partial charge in [-0.3, -0.25) is 4.90 Å². The van der Waals surface area contributed by atoms with Gasteiger partial charge in [-0.2, -0.15) is 0 Å². The molecule has 0 amide bonds. The maximum atomic E-state index is 5.73. The van der Waals surface area contributed by atoms with Gasteiger partial charge in [-0.05, 0) is 63.3 Å². The Bertz CT molecular complexity index is 424. The second-order valence-corrected chi connectivity index (χ2v) is 8.07. The molecule has 2 saturated carbocycles. The van der Waals surface area contributed by atoms with E-state index in [1.165, 1.54) is 57.9 Å². The molecule has 3 heteroatoms. The van der Waals surface area contributed by atoms with Gasteiger partial charge in [-0.25, -0.2) is 0 Å². The number of fused-ring (bicyclic) bond motifs is 2. The predicted octanol–water partition coefficient (Wildman–Crippen LogP) is 4.13. The summed E-state index contributed by atoms with van der Waals surface area (Å²) in [5, 5.41) is 0. The molecular formula is C20H33NO2. The Balaban J connectivity index is 1.37. The number of ether oxygens (including phenoxy) is 2. The fourth-order valence-electron chi connectivity index (χ4n) is 5.61. The molecule has 4 rings (SSSR count). The average Bonchev–Trinajstić information content (AvgIpc) is 3.07. The van der Waals surface area contributed by atoms with Crippen LogP contribution in [0, 0.1) is 11.8 Å². The largest absolute Gasteiger partial charge is 0.349 e. The number of allylic oxidation sites excluding steroid dienone is 1. The van der Waals surface area contributed by atoms with E-state index in [1.807, 2.05) is 0 Å². The summed E-state index contributed by atoms with van der Waals surface area (Å²) in [6, 6.07) is 1.54. The summed E-state index contributed by atoms with van der Waals surface area (Å²) >= 11 is 0. The minimum absolute atomic E-state index is 0.356. The molecule has 6 unspecified atom stereocenters. The zero-order chi connectivity index (χ0) is 15.6. The average molecular weight is 319 g/mol. The molecule has 4 aliphatic rings. The molecular weight excluding hydrogens is 286 g/mol. The first-order valence-corrected chi connectivity index (χ1v) is 10.0. The molecule has 130 valence electrons. The van der Waals surface area contributed by atoms with Crippen molar-refractivity contribution in [1.29, 1.82) is 0 Å². The molecule has 0 N–H and O–H groups in total. The van der Waals surface area contributed by atoms with Crippen LogP contribution in [0.25, 0.3) is 0 Å². The molecule has 0 aromatic rings. The zero-order valence-corrected chi connectivity index (χ0v) is 14.7. The van der Waals surface area contributed by atoms with Crippen LogP contribution in [-0.4, -0.2) is 42.5 Å². The quantitative estimate of drug-likeness (QED) is 0.730. The molecule has 3 nitrogen and oxygen atoms in total. The SMILES string of the molecule is CCN1C(/C=C/C2CCC3OCOC3C2)CCC2CCCCC21. The number of hydrogen-bond donors (Lipinski definition) is 0. The Hall–Kier alpha value is -0.380. The molecule has 2 aliphatic heterocycles. The summed E-state index contributed by atoms with van der Waals surface area (Å²) in [6.07, 6.45) is 18.0. The van der Waals surface area contributed by atoms with Crippen LogP contribution < -0.4 is 0 Å². The van der Waals surface area contributed by atoms with Crippen molar-refractivity contribution in [3.8, 4) is 0 Å². The van der Waals surface area contributed by atoms with Gasteiger partial charge in [0.2, 0.25) is 0 Å². The zero-order valence-electron chi connectivity index (χ0n) is 14.7. The van der Waals surface area contributed by atoms with E-state index in [9.17, 15) is 0 Å². The monoisotopic (exact) mass is 319 g/mol. The van der Waals surface area contributed by atoms with Crippen molar-refractivity contribution in [3.63, 3.8) is 0 Å². The minimum Gasteiger partial charge on any atom is -0.349 e. The molecule has 6 atom stereocenters. The third-order valence-electron chi connectivity index (χ3n) is 6.86. The Morgan fingerprint density at radius 1 is 0.913 bits per heavy atom. The maximum absolute atomic E-state index is 5.73. The Morgan fingerprint density at radius 2 is 1.78 bits per heavy atom. The summed E-state index contributed by atoms with van der Waals surface area (Å²) < 4.78 is 11.4. The van der Waals surface area contributed by atoms with Gasteiger partial charge in [-0.15, -0.1) is 0 Å². The van der Waals surface area contributed by atoms with Gasteiger partial charge >= 0.3 is 0 Å². The number of likely N-dealkylation sites (N-methyl/N-ethyl adjacent to an activating group) is 1. The first kappa shape index (κ1) is 16.1. The van der Waals surface area contributed by atoms with Crippen LogP contribution in [-0.2, 0) is 9.47 Å². The molecule has 23 heavy (non-hydrogen) atoms. The van der Waals surface area contributed by atoms with E-state index in [0.29, 0.717) is 31.0 Å². The van der Waals surface area contributed by atoms with Crippen molar-refractivity contribution < 1.29 is 9.47 Å². The lowest BCUT2D eigenvalue weighted by molar-refractivity contribution is 0.0367. The fraction of sp³-hybridized carbons (Fsp3) is 0.900. The smallest absolute Gasteiger partial charge is 0.147 e. The second kappa shape index (κ2) is 7.25. The molecule has 0 bridgehead atoms. The van der Waals surface area contributed by atoms with Crippen molar-refractivity contribution in [2.24, 2.45) is 11.8 Å². The van der Waals surface area contributed by atoms with Crippen molar-refractivity contribution in [1.82, 2.24) is 4.90 Å². The van der Waals surface area contributed by atoms with Crippen molar-refractivity contribution in [2.75, 3.05) is 13.3 Å². The van der Waals surface area contributed by atoms with E-state index in [4.69, 9.17) is 9.47 Å². The van der Waals surface area contributed by atoms with Gasteiger partial charge in [0.1, 0.15) is 6.79 Å². The molecule has 0 aromatic heterocycles. The van der Waals surface area contributed by atoms with Crippen LogP contribution in [0.1, 0.15) is 64.7 Å². The number of hydrogen-bond acceptors (Lipinski definition) is 3. The lowest BCUT2D eigenvalue weighted by Crippen LogP contribution is -2.51.